The molecule has 0 bridgehead atoms. The van der Waals surface area contributed by atoms with E-state index in [9.17, 15) is 9.59 Å². The Morgan fingerprint density at radius 2 is 1.88 bits per heavy atom. The van der Waals surface area contributed by atoms with Crippen molar-refractivity contribution in [2.45, 2.75) is 26.4 Å². The second-order valence-electron chi connectivity index (χ2n) is 3.80. The molecule has 1 rings (SSSR count). The normalized spacial score (nSPS) is 11.6. The Hall–Kier alpha value is -1.84. The molecule has 0 fully saturated rings. The van der Waals surface area contributed by atoms with Crippen LogP contribution in [0.5, 0.6) is 5.75 Å². The van der Waals surface area contributed by atoms with Crippen molar-refractivity contribution >= 4 is 11.8 Å². The predicted molar refractivity (Wildman–Crippen MR) is 62.8 cm³/mol. The number of ketones is 1. The maximum Gasteiger partial charge on any atom is 0.313 e. The van der Waals surface area contributed by atoms with Crippen LogP contribution in [0.15, 0.2) is 30.3 Å². The van der Waals surface area contributed by atoms with E-state index >= 15 is 0 Å². The molecule has 92 valence electrons. The summed E-state index contributed by atoms with van der Waals surface area (Å²) < 4.78 is 10.4. The Bertz CT molecular complexity index is 372. The molecule has 0 aromatic heterocycles. The van der Waals surface area contributed by atoms with E-state index in [1.807, 2.05) is 30.3 Å². The van der Waals surface area contributed by atoms with Gasteiger partial charge in [0.25, 0.3) is 0 Å². The van der Waals surface area contributed by atoms with Crippen LogP contribution in [-0.2, 0) is 14.3 Å². The van der Waals surface area contributed by atoms with Crippen LogP contribution in [-0.4, -0.2) is 24.5 Å². The van der Waals surface area contributed by atoms with Crippen LogP contribution in [0.1, 0.15) is 20.3 Å². The van der Waals surface area contributed by atoms with Crippen LogP contribution < -0.4 is 4.74 Å². The molecule has 1 unspecified atom stereocenters. The lowest BCUT2D eigenvalue weighted by Crippen LogP contribution is -2.22. The quantitative estimate of drug-likeness (QED) is 0.559. The van der Waals surface area contributed by atoms with Crippen molar-refractivity contribution in [1.29, 1.82) is 0 Å². The molecule has 17 heavy (non-hydrogen) atoms. The minimum atomic E-state index is -0.512. The Kier molecular flexibility index (Phi) is 5.20. The number of para-hydroxylation sites is 1. The number of ether oxygens (including phenoxy) is 2. The molecule has 1 aromatic rings. The average Bonchev–Trinajstić information content (AvgIpc) is 2.26. The molecule has 0 N–H and O–H groups in total. The first kappa shape index (κ1) is 13.2. The third-order valence-electron chi connectivity index (χ3n) is 1.95. The highest BCUT2D eigenvalue weighted by Gasteiger charge is 2.11. The number of benzene rings is 1. The summed E-state index contributed by atoms with van der Waals surface area (Å²) in [6.45, 7) is 3.35. The van der Waals surface area contributed by atoms with Crippen molar-refractivity contribution < 1.29 is 19.1 Å². The van der Waals surface area contributed by atoms with Gasteiger partial charge in [-0.2, -0.15) is 0 Å². The standard InChI is InChI=1S/C13H16O4/c1-10(14)8-13(15)17-11(2)9-16-12-6-4-3-5-7-12/h3-7,11H,8-9H2,1-2H3. The van der Waals surface area contributed by atoms with E-state index in [4.69, 9.17) is 9.47 Å². The summed E-state index contributed by atoms with van der Waals surface area (Å²) >= 11 is 0. The van der Waals surface area contributed by atoms with E-state index in [2.05, 4.69) is 0 Å². The third kappa shape index (κ3) is 5.70. The molecule has 1 atom stereocenters. The topological polar surface area (TPSA) is 52.6 Å². The second-order valence-corrected chi connectivity index (χ2v) is 3.80. The molecule has 0 heterocycles. The average molecular weight is 236 g/mol. The SMILES string of the molecule is CC(=O)CC(=O)OC(C)COc1ccccc1. The second kappa shape index (κ2) is 6.68. The van der Waals surface area contributed by atoms with Gasteiger partial charge in [0.05, 0.1) is 0 Å². The van der Waals surface area contributed by atoms with Gasteiger partial charge in [-0.05, 0) is 26.0 Å². The summed E-state index contributed by atoms with van der Waals surface area (Å²) in [6.07, 6.45) is -0.558. The van der Waals surface area contributed by atoms with Gasteiger partial charge in [0.15, 0.2) is 0 Å². The highest BCUT2D eigenvalue weighted by molar-refractivity contribution is 5.94. The summed E-state index contributed by atoms with van der Waals surface area (Å²) in [5.74, 6) is 0.00908. The van der Waals surface area contributed by atoms with E-state index in [-0.39, 0.29) is 24.9 Å². The summed E-state index contributed by atoms with van der Waals surface area (Å²) in [5.41, 5.74) is 0. The number of esters is 1. The fourth-order valence-corrected chi connectivity index (χ4v) is 1.23. The van der Waals surface area contributed by atoms with Gasteiger partial charge in [-0.1, -0.05) is 18.2 Å². The fourth-order valence-electron chi connectivity index (χ4n) is 1.23. The van der Waals surface area contributed by atoms with Gasteiger partial charge in [0, 0.05) is 0 Å². The minimum Gasteiger partial charge on any atom is -0.490 e. The van der Waals surface area contributed by atoms with Gasteiger partial charge >= 0.3 is 5.97 Å². The largest absolute Gasteiger partial charge is 0.490 e. The van der Waals surface area contributed by atoms with Crippen molar-refractivity contribution in [3.63, 3.8) is 0 Å². The predicted octanol–water partition coefficient (Wildman–Crippen LogP) is 1.98. The van der Waals surface area contributed by atoms with E-state index in [0.717, 1.165) is 5.75 Å². The summed E-state index contributed by atoms with van der Waals surface area (Å²) in [6, 6.07) is 9.26. The fraction of sp³-hybridized carbons (Fsp3) is 0.385. The van der Waals surface area contributed by atoms with Crippen LogP contribution in [0, 0.1) is 0 Å². The van der Waals surface area contributed by atoms with Crippen molar-refractivity contribution in [2.24, 2.45) is 0 Å². The monoisotopic (exact) mass is 236 g/mol. The number of hydrogen-bond donors (Lipinski definition) is 0. The van der Waals surface area contributed by atoms with E-state index in [1.165, 1.54) is 6.92 Å². The molecule has 0 saturated heterocycles. The molecule has 0 spiro atoms. The van der Waals surface area contributed by atoms with Crippen molar-refractivity contribution in [3.05, 3.63) is 30.3 Å². The lowest BCUT2D eigenvalue weighted by molar-refractivity contribution is -0.151. The van der Waals surface area contributed by atoms with Crippen LogP contribution in [0.25, 0.3) is 0 Å². The molecular weight excluding hydrogens is 220 g/mol. The maximum atomic E-state index is 11.2. The maximum absolute atomic E-state index is 11.2. The molecular formula is C13H16O4. The third-order valence-corrected chi connectivity index (χ3v) is 1.95. The first-order valence-corrected chi connectivity index (χ1v) is 5.44. The lowest BCUT2D eigenvalue weighted by atomic mass is 10.3. The molecule has 4 heteroatoms. The van der Waals surface area contributed by atoms with Crippen molar-refractivity contribution in [1.82, 2.24) is 0 Å². The first-order chi connectivity index (χ1) is 8.08. The molecule has 0 radical (unpaired) electrons. The van der Waals surface area contributed by atoms with Crippen LogP contribution >= 0.6 is 0 Å². The van der Waals surface area contributed by atoms with Gasteiger partial charge in [0.1, 0.15) is 30.7 Å². The summed E-state index contributed by atoms with van der Waals surface area (Å²) in [7, 11) is 0. The van der Waals surface area contributed by atoms with E-state index in [1.54, 1.807) is 6.92 Å². The zero-order chi connectivity index (χ0) is 12.7. The Morgan fingerprint density at radius 1 is 1.24 bits per heavy atom. The smallest absolute Gasteiger partial charge is 0.313 e. The molecule has 0 aliphatic rings. The van der Waals surface area contributed by atoms with Crippen molar-refractivity contribution in [3.8, 4) is 5.75 Å². The highest BCUT2D eigenvalue weighted by Crippen LogP contribution is 2.09. The van der Waals surface area contributed by atoms with Gasteiger partial charge in [-0.25, -0.2) is 0 Å². The summed E-state index contributed by atoms with van der Waals surface area (Å²) in [4.78, 5) is 21.9. The zero-order valence-electron chi connectivity index (χ0n) is 10.0. The lowest BCUT2D eigenvalue weighted by Gasteiger charge is -2.13. The van der Waals surface area contributed by atoms with Gasteiger partial charge in [-0.3, -0.25) is 9.59 Å². The Morgan fingerprint density at radius 3 is 2.47 bits per heavy atom. The van der Waals surface area contributed by atoms with Crippen LogP contribution in [0.3, 0.4) is 0 Å². The van der Waals surface area contributed by atoms with E-state index in [0.29, 0.717) is 0 Å². The minimum absolute atomic E-state index is 0.185. The molecule has 1 aromatic carbocycles. The van der Waals surface area contributed by atoms with Gasteiger partial charge in [0.2, 0.25) is 0 Å². The Labute approximate surface area is 101 Å². The van der Waals surface area contributed by atoms with Gasteiger partial charge in [-0.15, -0.1) is 0 Å². The number of Topliss-reactive ketones (excluding diaryl/α,β-unsaturated/α-hetero) is 1. The van der Waals surface area contributed by atoms with Crippen molar-refractivity contribution in [2.75, 3.05) is 6.61 Å². The molecule has 0 amide bonds. The van der Waals surface area contributed by atoms with Crippen LogP contribution in [0.4, 0.5) is 0 Å². The van der Waals surface area contributed by atoms with Crippen LogP contribution in [0.2, 0.25) is 0 Å². The number of rotatable bonds is 6. The number of carbonyl (C=O) groups is 2. The zero-order valence-corrected chi connectivity index (χ0v) is 10.0. The number of hydrogen-bond acceptors (Lipinski definition) is 4. The highest BCUT2D eigenvalue weighted by atomic mass is 16.6. The van der Waals surface area contributed by atoms with Gasteiger partial charge < -0.3 is 9.47 Å². The molecule has 0 saturated carbocycles. The first-order valence-electron chi connectivity index (χ1n) is 5.44. The number of carbonyl (C=O) groups excluding carboxylic acids is 2. The Balaban J connectivity index is 2.28. The summed E-state index contributed by atoms with van der Waals surface area (Å²) in [5, 5.41) is 0. The molecule has 0 aliphatic carbocycles. The molecule has 4 nitrogen and oxygen atoms in total. The molecule has 0 aliphatic heterocycles. The van der Waals surface area contributed by atoms with E-state index < -0.39 is 5.97 Å².